The van der Waals surface area contributed by atoms with Crippen LogP contribution in [0.25, 0.3) is 0 Å². The van der Waals surface area contributed by atoms with Gasteiger partial charge in [-0.05, 0) is 18.2 Å². The summed E-state index contributed by atoms with van der Waals surface area (Å²) in [5.74, 6) is 0. The highest BCUT2D eigenvalue weighted by atomic mass is 35.5. The molecule has 0 aliphatic heterocycles. The van der Waals surface area contributed by atoms with Crippen LogP contribution in [0.5, 0.6) is 0 Å². The van der Waals surface area contributed by atoms with E-state index in [9.17, 15) is 8.42 Å². The molecule has 2 aromatic heterocycles. The van der Waals surface area contributed by atoms with E-state index < -0.39 is 10.0 Å². The van der Waals surface area contributed by atoms with E-state index in [0.29, 0.717) is 6.42 Å². The molecule has 0 aliphatic rings. The number of aromatic nitrogens is 3. The molecule has 2 aromatic rings. The number of rotatable bonds is 5. The highest BCUT2D eigenvalue weighted by Crippen LogP contribution is 2.17. The Morgan fingerprint density at radius 1 is 1.42 bits per heavy atom. The number of sulfonamides is 1. The van der Waals surface area contributed by atoms with Crippen LogP contribution in [-0.4, -0.2) is 29.7 Å². The van der Waals surface area contributed by atoms with Crippen molar-refractivity contribution in [3.63, 3.8) is 0 Å². The Morgan fingerprint density at radius 3 is 2.84 bits per heavy atom. The zero-order valence-electron chi connectivity index (χ0n) is 10.2. The number of hydrogen-bond acceptors (Lipinski definition) is 4. The molecular weight excluding hydrogens is 288 g/mol. The summed E-state index contributed by atoms with van der Waals surface area (Å²) in [6.07, 6.45) is 3.76. The van der Waals surface area contributed by atoms with Crippen LogP contribution in [-0.2, 0) is 23.5 Å². The molecule has 0 spiro atoms. The van der Waals surface area contributed by atoms with Crippen LogP contribution in [0.1, 0.15) is 5.69 Å². The van der Waals surface area contributed by atoms with Gasteiger partial charge in [-0.25, -0.2) is 18.1 Å². The van der Waals surface area contributed by atoms with Crippen LogP contribution >= 0.6 is 11.6 Å². The normalized spacial score (nSPS) is 11.7. The molecule has 0 unspecified atom stereocenters. The summed E-state index contributed by atoms with van der Waals surface area (Å²) in [6, 6.07) is 4.78. The summed E-state index contributed by atoms with van der Waals surface area (Å²) < 4.78 is 28.1. The maximum atomic E-state index is 12.0. The maximum absolute atomic E-state index is 12.0. The molecule has 0 radical (unpaired) electrons. The van der Waals surface area contributed by atoms with Gasteiger partial charge >= 0.3 is 0 Å². The van der Waals surface area contributed by atoms with E-state index >= 15 is 0 Å². The monoisotopic (exact) mass is 300 g/mol. The quantitative estimate of drug-likeness (QED) is 0.835. The molecule has 2 heterocycles. The summed E-state index contributed by atoms with van der Waals surface area (Å²) in [6.45, 7) is 0.255. The van der Waals surface area contributed by atoms with Crippen LogP contribution < -0.4 is 4.72 Å². The van der Waals surface area contributed by atoms with Crippen LogP contribution in [0, 0.1) is 0 Å². The van der Waals surface area contributed by atoms with Crippen molar-refractivity contribution in [2.24, 2.45) is 7.05 Å². The minimum Gasteiger partial charge on any atom is -0.276 e. The number of halogens is 1. The molecule has 0 saturated carbocycles. The fourth-order valence-electron chi connectivity index (χ4n) is 1.56. The average Bonchev–Trinajstić information content (AvgIpc) is 2.75. The maximum Gasteiger partial charge on any atom is 0.243 e. The Labute approximate surface area is 116 Å². The zero-order valence-corrected chi connectivity index (χ0v) is 11.8. The summed E-state index contributed by atoms with van der Waals surface area (Å²) in [7, 11) is -1.82. The summed E-state index contributed by atoms with van der Waals surface area (Å²) in [5.41, 5.74) is 0.822. The van der Waals surface area contributed by atoms with Gasteiger partial charge in [0.25, 0.3) is 0 Å². The second kappa shape index (κ2) is 5.68. The summed E-state index contributed by atoms with van der Waals surface area (Å²) >= 11 is 5.76. The molecule has 2 rings (SSSR count). The number of pyridine rings is 1. The van der Waals surface area contributed by atoms with E-state index in [1.54, 1.807) is 4.68 Å². The van der Waals surface area contributed by atoms with E-state index in [4.69, 9.17) is 11.6 Å². The van der Waals surface area contributed by atoms with Crippen molar-refractivity contribution < 1.29 is 8.42 Å². The molecule has 102 valence electrons. The first-order valence-corrected chi connectivity index (χ1v) is 7.44. The Bertz CT molecular complexity index is 669. The molecular formula is C11H13ClN4O2S. The largest absolute Gasteiger partial charge is 0.276 e. The lowest BCUT2D eigenvalue weighted by atomic mass is 10.3. The molecule has 8 heteroatoms. The fourth-order valence-corrected chi connectivity index (χ4v) is 3.04. The number of nitrogens with one attached hydrogen (secondary N) is 1. The van der Waals surface area contributed by atoms with Gasteiger partial charge < -0.3 is 0 Å². The molecule has 19 heavy (non-hydrogen) atoms. The van der Waals surface area contributed by atoms with Crippen molar-refractivity contribution in [3.05, 3.63) is 41.4 Å². The Kier molecular flexibility index (Phi) is 4.18. The molecule has 0 amide bonds. The molecule has 0 aliphatic carbocycles. The van der Waals surface area contributed by atoms with Crippen LogP contribution in [0.3, 0.4) is 0 Å². The fraction of sp³-hybridized carbons (Fsp3) is 0.273. The van der Waals surface area contributed by atoms with E-state index in [-0.39, 0.29) is 16.6 Å². The van der Waals surface area contributed by atoms with Crippen molar-refractivity contribution >= 4 is 21.6 Å². The van der Waals surface area contributed by atoms with Crippen molar-refractivity contribution in [1.29, 1.82) is 0 Å². The van der Waals surface area contributed by atoms with Gasteiger partial charge in [0.05, 0.1) is 5.69 Å². The SMILES string of the molecule is Cn1ccc(CCNS(=O)(=O)c2cccnc2Cl)n1. The van der Waals surface area contributed by atoms with E-state index in [1.165, 1.54) is 18.3 Å². The second-order valence-electron chi connectivity index (χ2n) is 3.92. The molecule has 0 saturated heterocycles. The number of hydrogen-bond donors (Lipinski definition) is 1. The van der Waals surface area contributed by atoms with Crippen molar-refractivity contribution in [2.75, 3.05) is 6.54 Å². The van der Waals surface area contributed by atoms with Crippen molar-refractivity contribution in [2.45, 2.75) is 11.3 Å². The summed E-state index contributed by atoms with van der Waals surface area (Å²) in [4.78, 5) is 3.73. The zero-order chi connectivity index (χ0) is 13.9. The molecule has 0 fully saturated rings. The number of nitrogens with zero attached hydrogens (tertiary/aromatic N) is 3. The van der Waals surface area contributed by atoms with Gasteiger partial charge in [0.1, 0.15) is 10.0 Å². The van der Waals surface area contributed by atoms with Crippen LogP contribution in [0.15, 0.2) is 35.5 Å². The van der Waals surface area contributed by atoms with Gasteiger partial charge in [-0.3, -0.25) is 4.68 Å². The Balaban J connectivity index is 2.01. The molecule has 1 N–H and O–H groups in total. The third-order valence-electron chi connectivity index (χ3n) is 2.46. The molecule has 0 aromatic carbocycles. The first-order chi connectivity index (χ1) is 8.99. The minimum absolute atomic E-state index is 0.0160. The second-order valence-corrected chi connectivity index (χ2v) is 6.01. The third kappa shape index (κ3) is 3.52. The van der Waals surface area contributed by atoms with E-state index in [0.717, 1.165) is 5.69 Å². The minimum atomic E-state index is -3.63. The molecule has 0 atom stereocenters. The van der Waals surface area contributed by atoms with E-state index in [1.807, 2.05) is 19.3 Å². The lowest BCUT2D eigenvalue weighted by molar-refractivity contribution is 0.580. The lowest BCUT2D eigenvalue weighted by Crippen LogP contribution is -2.26. The highest BCUT2D eigenvalue weighted by molar-refractivity contribution is 7.89. The van der Waals surface area contributed by atoms with Gasteiger partial charge in [-0.2, -0.15) is 5.10 Å². The van der Waals surface area contributed by atoms with Crippen LogP contribution in [0.2, 0.25) is 5.15 Å². The van der Waals surface area contributed by atoms with Gasteiger partial charge in [0, 0.05) is 32.4 Å². The Hall–Kier alpha value is -1.44. The van der Waals surface area contributed by atoms with Crippen LogP contribution in [0.4, 0.5) is 0 Å². The van der Waals surface area contributed by atoms with E-state index in [2.05, 4.69) is 14.8 Å². The lowest BCUT2D eigenvalue weighted by Gasteiger charge is -2.06. The van der Waals surface area contributed by atoms with Crippen molar-refractivity contribution in [3.8, 4) is 0 Å². The van der Waals surface area contributed by atoms with Gasteiger partial charge in [0.2, 0.25) is 10.0 Å². The highest BCUT2D eigenvalue weighted by Gasteiger charge is 2.17. The average molecular weight is 301 g/mol. The summed E-state index contributed by atoms with van der Waals surface area (Å²) in [5, 5.41) is 4.13. The third-order valence-corrected chi connectivity index (χ3v) is 4.36. The van der Waals surface area contributed by atoms with Gasteiger partial charge in [-0.15, -0.1) is 0 Å². The first kappa shape index (κ1) is 14.0. The Morgan fingerprint density at radius 2 is 2.21 bits per heavy atom. The predicted octanol–water partition coefficient (Wildman–Crippen LogP) is 0.989. The van der Waals surface area contributed by atoms with Gasteiger partial charge in [-0.1, -0.05) is 11.6 Å². The predicted molar refractivity (Wildman–Crippen MR) is 71.3 cm³/mol. The molecule has 6 nitrogen and oxygen atoms in total. The smallest absolute Gasteiger partial charge is 0.243 e. The number of aryl methyl sites for hydroxylation is 1. The molecule has 0 bridgehead atoms. The first-order valence-electron chi connectivity index (χ1n) is 5.58. The van der Waals surface area contributed by atoms with Crippen molar-refractivity contribution in [1.82, 2.24) is 19.5 Å². The standard InChI is InChI=1S/C11H13ClN4O2S/c1-16-8-5-9(15-16)4-7-14-19(17,18)10-3-2-6-13-11(10)12/h2-3,5-6,8,14H,4,7H2,1H3. The van der Waals surface area contributed by atoms with Gasteiger partial charge in [0.15, 0.2) is 0 Å². The topological polar surface area (TPSA) is 76.9 Å².